The fraction of sp³-hybridized carbons (Fsp3) is 0.467. The van der Waals surface area contributed by atoms with Crippen molar-refractivity contribution in [1.29, 1.82) is 0 Å². The number of benzene rings is 1. The molecular formula is C15H18N2O3. The average molecular weight is 274 g/mol. The fourth-order valence-electron chi connectivity index (χ4n) is 2.96. The Hall–Kier alpha value is -1.72. The van der Waals surface area contributed by atoms with Crippen LogP contribution >= 0.6 is 0 Å². The Balaban J connectivity index is 1.64. The Morgan fingerprint density at radius 1 is 1.20 bits per heavy atom. The Labute approximate surface area is 117 Å². The lowest BCUT2D eigenvalue weighted by Gasteiger charge is -2.35. The van der Waals surface area contributed by atoms with Crippen molar-refractivity contribution in [2.45, 2.75) is 18.9 Å². The number of carbonyl (C=O) groups excluding carboxylic acids is 2. The van der Waals surface area contributed by atoms with E-state index in [4.69, 9.17) is 0 Å². The molecule has 0 atom stereocenters. The molecule has 0 bridgehead atoms. The van der Waals surface area contributed by atoms with Crippen molar-refractivity contribution in [2.75, 3.05) is 20.3 Å². The minimum absolute atomic E-state index is 0.173. The normalized spacial score (nSPS) is 25.1. The average Bonchev–Trinajstić information content (AvgIpc) is 2.63. The van der Waals surface area contributed by atoms with Gasteiger partial charge in [-0.25, -0.2) is 0 Å². The molecule has 0 saturated heterocycles. The Kier molecular flexibility index (Phi) is 3.31. The highest BCUT2D eigenvalue weighted by Gasteiger charge is 2.36. The van der Waals surface area contributed by atoms with Gasteiger partial charge in [0.05, 0.1) is 23.9 Å². The second-order valence-electron chi connectivity index (χ2n) is 5.76. The molecule has 0 unspecified atom stereocenters. The molecule has 2 amide bonds. The van der Waals surface area contributed by atoms with Gasteiger partial charge in [-0.05, 0) is 37.9 Å². The van der Waals surface area contributed by atoms with Crippen LogP contribution in [0.25, 0.3) is 0 Å². The number of imide groups is 1. The van der Waals surface area contributed by atoms with E-state index in [1.807, 2.05) is 11.9 Å². The van der Waals surface area contributed by atoms with E-state index >= 15 is 0 Å². The summed E-state index contributed by atoms with van der Waals surface area (Å²) < 4.78 is 0. The second kappa shape index (κ2) is 5.00. The van der Waals surface area contributed by atoms with Crippen LogP contribution < -0.4 is 0 Å². The molecule has 5 heteroatoms. The first kappa shape index (κ1) is 13.3. The third kappa shape index (κ3) is 2.23. The van der Waals surface area contributed by atoms with Gasteiger partial charge in [0.2, 0.25) is 0 Å². The van der Waals surface area contributed by atoms with Crippen LogP contribution in [-0.2, 0) is 0 Å². The van der Waals surface area contributed by atoms with E-state index < -0.39 is 0 Å². The van der Waals surface area contributed by atoms with E-state index in [-0.39, 0.29) is 17.9 Å². The molecule has 106 valence electrons. The predicted octanol–water partition coefficient (Wildman–Crippen LogP) is 0.943. The SMILES string of the molecule is CN(CC1CC(O)C1)CN1C(=O)c2ccccc2C1=O. The summed E-state index contributed by atoms with van der Waals surface area (Å²) in [6, 6.07) is 6.93. The van der Waals surface area contributed by atoms with Crippen LogP contribution in [-0.4, -0.2) is 53.1 Å². The molecule has 1 aliphatic heterocycles. The first-order valence-corrected chi connectivity index (χ1v) is 6.88. The number of nitrogens with zero attached hydrogens (tertiary/aromatic N) is 2. The van der Waals surface area contributed by atoms with Crippen LogP contribution in [0.2, 0.25) is 0 Å². The van der Waals surface area contributed by atoms with Gasteiger partial charge in [-0.15, -0.1) is 0 Å². The lowest BCUT2D eigenvalue weighted by molar-refractivity contribution is 0.0192. The summed E-state index contributed by atoms with van der Waals surface area (Å²) in [5.41, 5.74) is 0.981. The molecule has 1 fully saturated rings. The lowest BCUT2D eigenvalue weighted by Crippen LogP contribution is -2.44. The van der Waals surface area contributed by atoms with Gasteiger partial charge in [-0.1, -0.05) is 12.1 Å². The van der Waals surface area contributed by atoms with Crippen molar-refractivity contribution >= 4 is 11.8 Å². The topological polar surface area (TPSA) is 60.9 Å². The smallest absolute Gasteiger partial charge is 0.262 e. The molecule has 5 nitrogen and oxygen atoms in total. The fourth-order valence-corrected chi connectivity index (χ4v) is 2.96. The van der Waals surface area contributed by atoms with Gasteiger partial charge in [0.1, 0.15) is 0 Å². The van der Waals surface area contributed by atoms with Gasteiger partial charge < -0.3 is 5.11 Å². The molecular weight excluding hydrogens is 256 g/mol. The van der Waals surface area contributed by atoms with Crippen molar-refractivity contribution in [3.63, 3.8) is 0 Å². The zero-order valence-corrected chi connectivity index (χ0v) is 11.5. The molecule has 0 aromatic heterocycles. The van der Waals surface area contributed by atoms with E-state index in [2.05, 4.69) is 0 Å². The van der Waals surface area contributed by atoms with Crippen LogP contribution in [0.15, 0.2) is 24.3 Å². The standard InChI is InChI=1S/C15H18N2O3/c1-16(8-10-6-11(18)7-10)9-17-14(19)12-4-2-3-5-13(12)15(17)20/h2-5,10-11,18H,6-9H2,1H3. The Morgan fingerprint density at radius 2 is 1.75 bits per heavy atom. The van der Waals surface area contributed by atoms with Crippen molar-refractivity contribution in [1.82, 2.24) is 9.80 Å². The van der Waals surface area contributed by atoms with Gasteiger partial charge in [0.15, 0.2) is 0 Å². The summed E-state index contributed by atoms with van der Waals surface area (Å²) >= 11 is 0. The van der Waals surface area contributed by atoms with Crippen molar-refractivity contribution in [3.05, 3.63) is 35.4 Å². The molecule has 0 spiro atoms. The summed E-state index contributed by atoms with van der Waals surface area (Å²) in [6.07, 6.45) is 1.45. The van der Waals surface area contributed by atoms with Crippen LogP contribution in [0.5, 0.6) is 0 Å². The number of rotatable bonds is 4. The molecule has 1 heterocycles. The number of hydrogen-bond donors (Lipinski definition) is 1. The minimum atomic E-state index is -0.217. The van der Waals surface area contributed by atoms with E-state index in [1.165, 1.54) is 4.90 Å². The lowest BCUT2D eigenvalue weighted by atomic mass is 9.82. The quantitative estimate of drug-likeness (QED) is 0.830. The van der Waals surface area contributed by atoms with E-state index in [0.717, 1.165) is 19.4 Å². The van der Waals surface area contributed by atoms with Gasteiger partial charge in [-0.2, -0.15) is 0 Å². The maximum Gasteiger partial charge on any atom is 0.262 e. The predicted molar refractivity (Wildman–Crippen MR) is 73.2 cm³/mol. The number of fused-ring (bicyclic) bond motifs is 1. The van der Waals surface area contributed by atoms with Crippen LogP contribution in [0, 0.1) is 5.92 Å². The van der Waals surface area contributed by atoms with Crippen LogP contribution in [0.3, 0.4) is 0 Å². The maximum absolute atomic E-state index is 12.2. The highest BCUT2D eigenvalue weighted by molar-refractivity contribution is 6.21. The summed E-state index contributed by atoms with van der Waals surface area (Å²) in [5, 5.41) is 9.28. The molecule has 2 aliphatic rings. The first-order chi connectivity index (χ1) is 9.56. The first-order valence-electron chi connectivity index (χ1n) is 6.88. The van der Waals surface area contributed by atoms with Gasteiger partial charge in [0, 0.05) is 6.54 Å². The van der Waals surface area contributed by atoms with Gasteiger partial charge >= 0.3 is 0 Å². The van der Waals surface area contributed by atoms with Crippen molar-refractivity contribution in [3.8, 4) is 0 Å². The largest absolute Gasteiger partial charge is 0.393 e. The van der Waals surface area contributed by atoms with Crippen molar-refractivity contribution < 1.29 is 14.7 Å². The molecule has 1 aliphatic carbocycles. The second-order valence-corrected chi connectivity index (χ2v) is 5.76. The minimum Gasteiger partial charge on any atom is -0.393 e. The number of aliphatic hydroxyl groups is 1. The Morgan fingerprint density at radius 3 is 2.25 bits per heavy atom. The van der Waals surface area contributed by atoms with Crippen LogP contribution in [0.1, 0.15) is 33.6 Å². The molecule has 1 aromatic rings. The number of carbonyl (C=O) groups is 2. The zero-order chi connectivity index (χ0) is 14.3. The summed E-state index contributed by atoms with van der Waals surface area (Å²) in [6.45, 7) is 1.10. The maximum atomic E-state index is 12.2. The molecule has 3 rings (SSSR count). The van der Waals surface area contributed by atoms with Crippen molar-refractivity contribution in [2.24, 2.45) is 5.92 Å². The third-order valence-electron chi connectivity index (χ3n) is 4.04. The highest BCUT2D eigenvalue weighted by atomic mass is 16.3. The van der Waals surface area contributed by atoms with E-state index in [0.29, 0.717) is 23.7 Å². The molecule has 1 N–H and O–H groups in total. The molecule has 0 radical (unpaired) electrons. The van der Waals surface area contributed by atoms with Gasteiger partial charge in [-0.3, -0.25) is 19.4 Å². The molecule has 1 aromatic carbocycles. The molecule has 20 heavy (non-hydrogen) atoms. The summed E-state index contributed by atoms with van der Waals surface area (Å²) in [7, 11) is 1.90. The Bertz CT molecular complexity index is 517. The monoisotopic (exact) mass is 274 g/mol. The zero-order valence-electron chi connectivity index (χ0n) is 11.5. The molecule has 1 saturated carbocycles. The van der Waals surface area contributed by atoms with E-state index in [1.54, 1.807) is 24.3 Å². The summed E-state index contributed by atoms with van der Waals surface area (Å²) in [4.78, 5) is 27.7. The highest BCUT2D eigenvalue weighted by Crippen LogP contribution is 2.28. The number of aliphatic hydroxyl groups excluding tert-OH is 1. The summed E-state index contributed by atoms with van der Waals surface area (Å²) in [5.74, 6) is 0.0300. The number of amides is 2. The van der Waals surface area contributed by atoms with Crippen LogP contribution in [0.4, 0.5) is 0 Å². The third-order valence-corrected chi connectivity index (χ3v) is 4.04. The van der Waals surface area contributed by atoms with Gasteiger partial charge in [0.25, 0.3) is 11.8 Å². The number of hydrogen-bond acceptors (Lipinski definition) is 4. The van der Waals surface area contributed by atoms with E-state index in [9.17, 15) is 14.7 Å².